The number of aryl methyl sites for hydroxylation is 1. The second-order valence-corrected chi connectivity index (χ2v) is 14.6. The van der Waals surface area contributed by atoms with Gasteiger partial charge < -0.3 is 39.8 Å². The third-order valence-electron chi connectivity index (χ3n) is 10.6. The number of carbonyl (C=O) groups is 3. The number of aromatic amines is 1. The van der Waals surface area contributed by atoms with Crippen molar-refractivity contribution >= 4 is 34.4 Å². The van der Waals surface area contributed by atoms with Gasteiger partial charge in [-0.15, -0.1) is 0 Å². The topological polar surface area (TPSA) is 141 Å². The predicted octanol–water partition coefficient (Wildman–Crippen LogP) is 4.38. The van der Waals surface area contributed by atoms with Crippen LogP contribution in [0.25, 0.3) is 22.2 Å². The van der Waals surface area contributed by atoms with E-state index in [0.717, 1.165) is 99.6 Å². The Kier molecular flexibility index (Phi) is 12.5. The van der Waals surface area contributed by atoms with Gasteiger partial charge >= 0.3 is 0 Å². The Morgan fingerprint density at radius 1 is 0.889 bits per heavy atom. The fourth-order valence-corrected chi connectivity index (χ4v) is 7.28. The molecule has 0 radical (unpaired) electrons. The summed E-state index contributed by atoms with van der Waals surface area (Å²) in [5.41, 5.74) is 10.6. The fourth-order valence-electron chi connectivity index (χ4n) is 7.28. The number of carbonyl (C=O) groups excluding carboxylic acids is 3. The number of anilines is 1. The van der Waals surface area contributed by atoms with Gasteiger partial charge in [-0.1, -0.05) is 18.2 Å². The van der Waals surface area contributed by atoms with Crippen LogP contribution >= 0.6 is 0 Å². The largest absolute Gasteiger partial charge is 0.495 e. The molecule has 1 aromatic heterocycles. The Morgan fingerprint density at radius 2 is 1.61 bits per heavy atom. The number of methoxy groups -OCH3 is 1. The number of hydrogen-bond acceptors (Lipinski definition) is 9. The second-order valence-electron chi connectivity index (χ2n) is 14.6. The molecule has 288 valence electrons. The second kappa shape index (κ2) is 17.4. The van der Waals surface area contributed by atoms with Crippen molar-refractivity contribution in [3.05, 3.63) is 71.0 Å². The van der Waals surface area contributed by atoms with Crippen molar-refractivity contribution in [3.8, 4) is 22.6 Å². The van der Waals surface area contributed by atoms with Gasteiger partial charge in [0.2, 0.25) is 5.91 Å². The number of likely N-dealkylation sites (N-methyl/N-ethyl adjacent to an activating group) is 2. The zero-order chi connectivity index (χ0) is 38.4. The first-order chi connectivity index (χ1) is 26.0. The number of fused-ring (bicyclic) bond motifs is 1. The molecule has 0 atom stereocenters. The number of aromatic nitrogens is 2. The summed E-state index contributed by atoms with van der Waals surface area (Å²) < 4.78 is 12.1. The molecule has 2 aliphatic heterocycles. The van der Waals surface area contributed by atoms with E-state index in [1.165, 1.54) is 12.0 Å². The molecule has 0 aliphatic carbocycles. The van der Waals surface area contributed by atoms with Crippen LogP contribution < -0.4 is 20.1 Å². The van der Waals surface area contributed by atoms with Crippen LogP contribution in [0.3, 0.4) is 0 Å². The molecular formula is C41H54N8O5. The normalized spacial score (nSPS) is 15.8. The fraction of sp³-hybridized carbons (Fsp3) is 0.463. The van der Waals surface area contributed by atoms with E-state index in [1.807, 2.05) is 48.2 Å². The van der Waals surface area contributed by atoms with Crippen LogP contribution in [0.4, 0.5) is 5.69 Å². The molecule has 0 unspecified atom stereocenters. The lowest BCUT2D eigenvalue weighted by Gasteiger charge is -2.32. The molecule has 13 nitrogen and oxygen atoms in total. The number of amides is 3. The first kappa shape index (κ1) is 38.7. The summed E-state index contributed by atoms with van der Waals surface area (Å²) in [6.45, 7) is 10.5. The molecule has 0 spiro atoms. The van der Waals surface area contributed by atoms with Crippen LogP contribution in [0.15, 0.2) is 48.5 Å². The van der Waals surface area contributed by atoms with Crippen molar-refractivity contribution in [2.45, 2.75) is 39.2 Å². The zero-order valence-electron chi connectivity index (χ0n) is 32.3. The molecule has 13 heteroatoms. The number of piperazine rings is 2. The van der Waals surface area contributed by atoms with Crippen LogP contribution in [0.2, 0.25) is 0 Å². The highest BCUT2D eigenvalue weighted by Gasteiger charge is 2.28. The monoisotopic (exact) mass is 738 g/mol. The lowest BCUT2D eigenvalue weighted by atomic mass is 9.95. The molecule has 3 N–H and O–H groups in total. The smallest absolute Gasteiger partial charge is 0.259 e. The standard InChI is InChI=1S/C41H54N8O5/c1-28-13-16-33(34(26-28)54-25-8-6-7-12-36(50)49-23-19-46(3)20-24-49)47(4)41(52)31-15-14-30(39(53-5)37(31)40(42)51)29-10-9-11-32-38(29)44-35(43-32)27-48-21-17-45(2)18-22-48/h9-11,13-16,26H,6-8,12,17-25,27H2,1-5H3,(H2,42,51)(H,43,44). The average Bonchev–Trinajstić information content (AvgIpc) is 3.59. The van der Waals surface area contributed by atoms with Crippen molar-refractivity contribution in [1.29, 1.82) is 0 Å². The molecule has 2 fully saturated rings. The van der Waals surface area contributed by atoms with E-state index in [9.17, 15) is 14.4 Å². The van der Waals surface area contributed by atoms with E-state index in [-0.39, 0.29) is 22.8 Å². The highest BCUT2D eigenvalue weighted by molar-refractivity contribution is 6.15. The van der Waals surface area contributed by atoms with E-state index in [0.29, 0.717) is 36.6 Å². The first-order valence-electron chi connectivity index (χ1n) is 18.9. The predicted molar refractivity (Wildman–Crippen MR) is 211 cm³/mol. The van der Waals surface area contributed by atoms with E-state index in [4.69, 9.17) is 20.2 Å². The number of nitrogens with one attached hydrogen (secondary N) is 1. The Balaban J connectivity index is 1.17. The van der Waals surface area contributed by atoms with Crippen molar-refractivity contribution in [2.75, 3.05) is 92.1 Å². The number of primary amides is 1. The number of nitrogens with zero attached hydrogens (tertiary/aromatic N) is 6. The van der Waals surface area contributed by atoms with Gasteiger partial charge in [-0.2, -0.15) is 0 Å². The van der Waals surface area contributed by atoms with Crippen molar-refractivity contribution in [3.63, 3.8) is 0 Å². The minimum atomic E-state index is -0.776. The number of imidazole rings is 1. The minimum Gasteiger partial charge on any atom is -0.495 e. The summed E-state index contributed by atoms with van der Waals surface area (Å²) in [6, 6.07) is 14.9. The molecule has 4 aromatic rings. The average molecular weight is 739 g/mol. The molecule has 0 bridgehead atoms. The van der Waals surface area contributed by atoms with Crippen LogP contribution in [0, 0.1) is 6.92 Å². The number of benzene rings is 3. The Hall–Kier alpha value is -4.98. The van der Waals surface area contributed by atoms with Gasteiger partial charge in [0.05, 0.1) is 48.1 Å². The summed E-state index contributed by atoms with van der Waals surface area (Å²) in [5.74, 6) is 0.635. The van der Waals surface area contributed by atoms with E-state index < -0.39 is 11.8 Å². The molecule has 3 amide bonds. The van der Waals surface area contributed by atoms with Crippen LogP contribution in [0.1, 0.15) is 57.8 Å². The van der Waals surface area contributed by atoms with Crippen molar-refractivity contribution in [2.24, 2.45) is 5.73 Å². The number of rotatable bonds is 14. The third-order valence-corrected chi connectivity index (χ3v) is 10.6. The maximum absolute atomic E-state index is 14.2. The summed E-state index contributed by atoms with van der Waals surface area (Å²) in [5, 5.41) is 0. The molecule has 6 rings (SSSR count). The first-order valence-corrected chi connectivity index (χ1v) is 18.9. The molecular weight excluding hydrogens is 685 g/mol. The van der Waals surface area contributed by atoms with Gasteiger partial charge in [0, 0.05) is 77.0 Å². The van der Waals surface area contributed by atoms with E-state index in [1.54, 1.807) is 19.2 Å². The Morgan fingerprint density at radius 3 is 2.31 bits per heavy atom. The van der Waals surface area contributed by atoms with Crippen molar-refractivity contribution in [1.82, 2.24) is 29.6 Å². The van der Waals surface area contributed by atoms with Crippen LogP contribution in [0.5, 0.6) is 11.5 Å². The number of para-hydroxylation sites is 1. The van der Waals surface area contributed by atoms with Gasteiger partial charge in [-0.25, -0.2) is 4.98 Å². The van der Waals surface area contributed by atoms with Gasteiger partial charge in [-0.3, -0.25) is 19.3 Å². The molecule has 3 heterocycles. The number of unbranched alkanes of at least 4 members (excludes halogenated alkanes) is 2. The summed E-state index contributed by atoms with van der Waals surface area (Å²) in [4.78, 5) is 58.8. The lowest BCUT2D eigenvalue weighted by molar-refractivity contribution is -0.132. The van der Waals surface area contributed by atoms with E-state index in [2.05, 4.69) is 33.8 Å². The quantitative estimate of drug-likeness (QED) is 0.181. The summed E-state index contributed by atoms with van der Waals surface area (Å²) >= 11 is 0. The summed E-state index contributed by atoms with van der Waals surface area (Å²) in [7, 11) is 7.34. The van der Waals surface area contributed by atoms with Gasteiger partial charge in [0.1, 0.15) is 17.3 Å². The zero-order valence-corrected chi connectivity index (χ0v) is 32.3. The van der Waals surface area contributed by atoms with Crippen molar-refractivity contribution < 1.29 is 23.9 Å². The third kappa shape index (κ3) is 8.86. The number of ether oxygens (including phenoxy) is 2. The lowest BCUT2D eigenvalue weighted by Crippen LogP contribution is -2.47. The molecule has 54 heavy (non-hydrogen) atoms. The molecule has 0 saturated carbocycles. The van der Waals surface area contributed by atoms with E-state index >= 15 is 0 Å². The molecule has 3 aromatic carbocycles. The number of H-pyrrole nitrogens is 1. The molecule has 2 aliphatic rings. The SMILES string of the molecule is COc1c(-c2cccc3[nH]c(CN4CCN(C)CC4)nc23)ccc(C(=O)N(C)c2ccc(C)cc2OCCCCCC(=O)N2CCN(C)CC2)c1C(N)=O. The van der Waals surface area contributed by atoms with Gasteiger partial charge in [0.15, 0.2) is 0 Å². The van der Waals surface area contributed by atoms with Crippen LogP contribution in [-0.2, 0) is 11.3 Å². The van der Waals surface area contributed by atoms with Gasteiger partial charge in [0.25, 0.3) is 11.8 Å². The minimum absolute atomic E-state index is 0.00208. The van der Waals surface area contributed by atoms with Crippen LogP contribution in [-0.4, -0.2) is 135 Å². The molecule has 2 saturated heterocycles. The number of hydrogen-bond donors (Lipinski definition) is 2. The highest BCUT2D eigenvalue weighted by atomic mass is 16.5. The Bertz CT molecular complexity index is 1960. The van der Waals surface area contributed by atoms with Gasteiger partial charge in [-0.05, 0) is 76.2 Å². The maximum Gasteiger partial charge on any atom is 0.259 e. The summed E-state index contributed by atoms with van der Waals surface area (Å²) in [6.07, 6.45) is 2.96. The Labute approximate surface area is 318 Å². The maximum atomic E-state index is 14.2. The number of nitrogens with two attached hydrogens (primary N) is 1. The highest BCUT2D eigenvalue weighted by Crippen LogP contribution is 2.39.